The molecule has 2 saturated carbocycles. The van der Waals surface area contributed by atoms with Gasteiger partial charge in [0.1, 0.15) is 0 Å². The van der Waals surface area contributed by atoms with E-state index in [2.05, 4.69) is 20.8 Å². The quantitative estimate of drug-likeness (QED) is 0.736. The number of carbonyl (C=O) groups is 1. The van der Waals surface area contributed by atoms with Crippen LogP contribution in [0.1, 0.15) is 50.7 Å². The van der Waals surface area contributed by atoms with Gasteiger partial charge in [-0.05, 0) is 31.1 Å². The number of hydrogen-bond donors (Lipinski definition) is 3. The average molecular weight is 322 g/mol. The minimum absolute atomic E-state index is 0.106. The highest BCUT2D eigenvalue weighted by Gasteiger charge is 2.47. The van der Waals surface area contributed by atoms with Gasteiger partial charge in [-0.25, -0.2) is 4.79 Å². The van der Waals surface area contributed by atoms with Gasteiger partial charge in [0.25, 0.3) is 0 Å². The van der Waals surface area contributed by atoms with Crippen molar-refractivity contribution in [1.82, 2.24) is 20.8 Å². The van der Waals surface area contributed by atoms with Gasteiger partial charge in [0, 0.05) is 37.5 Å². The monoisotopic (exact) mass is 322 g/mol. The Hall–Kier alpha value is -1.63. The van der Waals surface area contributed by atoms with E-state index in [1.807, 2.05) is 13.8 Å². The highest BCUT2D eigenvalue weighted by atomic mass is 16.5. The lowest BCUT2D eigenvalue weighted by molar-refractivity contribution is 0.144. The molecule has 0 aromatic carbocycles. The van der Waals surface area contributed by atoms with E-state index in [9.17, 15) is 9.90 Å². The first-order valence-electron chi connectivity index (χ1n) is 8.56. The van der Waals surface area contributed by atoms with Crippen molar-refractivity contribution in [3.05, 3.63) is 11.7 Å². The van der Waals surface area contributed by atoms with Gasteiger partial charge in [-0.2, -0.15) is 4.98 Å². The van der Waals surface area contributed by atoms with Crippen molar-refractivity contribution in [1.29, 1.82) is 0 Å². The molecule has 2 bridgehead atoms. The van der Waals surface area contributed by atoms with Crippen LogP contribution in [-0.4, -0.2) is 40.5 Å². The minimum Gasteiger partial charge on any atom is -0.396 e. The van der Waals surface area contributed by atoms with Crippen LogP contribution in [0.4, 0.5) is 4.79 Å². The van der Waals surface area contributed by atoms with Crippen LogP contribution in [0.2, 0.25) is 0 Å². The first kappa shape index (κ1) is 16.2. The largest absolute Gasteiger partial charge is 0.396 e. The Bertz CT molecular complexity index is 545. The number of nitrogens with zero attached hydrogens (tertiary/aromatic N) is 2. The molecule has 2 aliphatic carbocycles. The van der Waals surface area contributed by atoms with E-state index in [1.165, 1.54) is 6.42 Å². The van der Waals surface area contributed by atoms with Crippen LogP contribution < -0.4 is 10.6 Å². The average Bonchev–Trinajstić information content (AvgIpc) is 3.22. The second-order valence-corrected chi connectivity index (χ2v) is 7.06. The van der Waals surface area contributed by atoms with Crippen molar-refractivity contribution in [2.24, 2.45) is 17.8 Å². The van der Waals surface area contributed by atoms with Gasteiger partial charge >= 0.3 is 6.03 Å². The van der Waals surface area contributed by atoms with Gasteiger partial charge in [-0.15, -0.1) is 0 Å². The SMILES string of the molecule is CC(C)c1noc(CCNC(=O)NC2C3CCC(C3)C2CO)n1. The summed E-state index contributed by atoms with van der Waals surface area (Å²) >= 11 is 0. The fourth-order valence-electron chi connectivity index (χ4n) is 3.99. The van der Waals surface area contributed by atoms with Gasteiger partial charge in [0.05, 0.1) is 0 Å². The van der Waals surface area contributed by atoms with Crippen molar-refractivity contribution in [3.63, 3.8) is 0 Å². The molecule has 3 N–H and O–H groups in total. The first-order valence-corrected chi connectivity index (χ1v) is 8.56. The molecule has 7 heteroatoms. The standard InChI is InChI=1S/C16H26N4O3/c1-9(2)15-18-13(23-20-15)5-6-17-16(22)19-14-11-4-3-10(7-11)12(14)8-21/h9-12,14,21H,3-8H2,1-2H3,(H2,17,19,22). The van der Waals surface area contributed by atoms with Crippen LogP contribution in [0, 0.1) is 17.8 Å². The molecule has 128 valence electrons. The zero-order chi connectivity index (χ0) is 16.4. The lowest BCUT2D eigenvalue weighted by Gasteiger charge is -2.30. The van der Waals surface area contributed by atoms with E-state index in [0.717, 1.165) is 12.8 Å². The number of nitrogens with one attached hydrogen (secondary N) is 2. The molecule has 1 aromatic heterocycles. The van der Waals surface area contributed by atoms with Crippen LogP contribution in [0.3, 0.4) is 0 Å². The van der Waals surface area contributed by atoms with Crippen molar-refractivity contribution in [3.8, 4) is 0 Å². The number of fused-ring (bicyclic) bond motifs is 2. The molecule has 0 radical (unpaired) electrons. The number of carbonyl (C=O) groups excluding carboxylic acids is 1. The predicted molar refractivity (Wildman–Crippen MR) is 83.8 cm³/mol. The van der Waals surface area contributed by atoms with E-state index >= 15 is 0 Å². The zero-order valence-electron chi connectivity index (χ0n) is 13.8. The fourth-order valence-corrected chi connectivity index (χ4v) is 3.99. The minimum atomic E-state index is -0.176. The van der Waals surface area contributed by atoms with Gasteiger partial charge in [0.2, 0.25) is 5.89 Å². The van der Waals surface area contributed by atoms with Crippen molar-refractivity contribution >= 4 is 6.03 Å². The summed E-state index contributed by atoms with van der Waals surface area (Å²) in [4.78, 5) is 16.4. The molecule has 4 unspecified atom stereocenters. The molecule has 3 rings (SSSR count). The van der Waals surface area contributed by atoms with E-state index in [1.54, 1.807) is 0 Å². The molecule has 1 aromatic rings. The molecule has 23 heavy (non-hydrogen) atoms. The van der Waals surface area contributed by atoms with Crippen molar-refractivity contribution in [2.45, 2.75) is 51.5 Å². The molecule has 2 amide bonds. The fraction of sp³-hybridized carbons (Fsp3) is 0.812. The maximum atomic E-state index is 12.1. The summed E-state index contributed by atoms with van der Waals surface area (Å²) in [5.41, 5.74) is 0. The lowest BCUT2D eigenvalue weighted by atomic mass is 9.85. The van der Waals surface area contributed by atoms with Gasteiger partial charge in [-0.1, -0.05) is 19.0 Å². The first-order chi connectivity index (χ1) is 11.1. The summed E-state index contributed by atoms with van der Waals surface area (Å²) < 4.78 is 5.15. The van der Waals surface area contributed by atoms with Crippen LogP contribution in [-0.2, 0) is 6.42 Å². The summed E-state index contributed by atoms with van der Waals surface area (Å²) in [7, 11) is 0. The molecule has 2 aliphatic rings. The summed E-state index contributed by atoms with van der Waals surface area (Å²) in [6.45, 7) is 4.63. The molecule has 0 saturated heterocycles. The maximum Gasteiger partial charge on any atom is 0.315 e. The summed E-state index contributed by atoms with van der Waals surface area (Å²) in [6, 6.07) is -0.0701. The molecule has 1 heterocycles. The molecule has 4 atom stereocenters. The second-order valence-electron chi connectivity index (χ2n) is 7.06. The Morgan fingerprint density at radius 2 is 2.17 bits per heavy atom. The van der Waals surface area contributed by atoms with E-state index in [0.29, 0.717) is 36.5 Å². The highest BCUT2D eigenvalue weighted by Crippen LogP contribution is 2.48. The van der Waals surface area contributed by atoms with E-state index in [-0.39, 0.29) is 30.5 Å². The lowest BCUT2D eigenvalue weighted by Crippen LogP contribution is -2.49. The molecule has 2 fully saturated rings. The highest BCUT2D eigenvalue weighted by molar-refractivity contribution is 5.74. The van der Waals surface area contributed by atoms with Gasteiger partial charge < -0.3 is 20.3 Å². The molecular formula is C16H26N4O3. The molecule has 0 aliphatic heterocycles. The second kappa shape index (κ2) is 6.86. The Kier molecular flexibility index (Phi) is 4.84. The third kappa shape index (κ3) is 3.49. The van der Waals surface area contributed by atoms with Crippen LogP contribution in [0.15, 0.2) is 4.52 Å². The van der Waals surface area contributed by atoms with Crippen LogP contribution in [0.25, 0.3) is 0 Å². The zero-order valence-corrected chi connectivity index (χ0v) is 13.8. The topological polar surface area (TPSA) is 100 Å². The number of aliphatic hydroxyl groups excluding tert-OH is 1. The third-order valence-corrected chi connectivity index (χ3v) is 5.22. The van der Waals surface area contributed by atoms with E-state index < -0.39 is 0 Å². The van der Waals surface area contributed by atoms with Gasteiger partial charge in [-0.3, -0.25) is 0 Å². The Balaban J connectivity index is 1.43. The number of urea groups is 1. The van der Waals surface area contributed by atoms with E-state index in [4.69, 9.17) is 4.52 Å². The number of aliphatic hydroxyl groups is 1. The maximum absolute atomic E-state index is 12.1. The smallest absolute Gasteiger partial charge is 0.315 e. The number of rotatable bonds is 6. The Labute approximate surface area is 136 Å². The van der Waals surface area contributed by atoms with Crippen molar-refractivity contribution < 1.29 is 14.4 Å². The normalized spacial score (nSPS) is 29.2. The molecule has 7 nitrogen and oxygen atoms in total. The van der Waals surface area contributed by atoms with Crippen LogP contribution >= 0.6 is 0 Å². The molecular weight excluding hydrogens is 296 g/mol. The third-order valence-electron chi connectivity index (χ3n) is 5.22. The van der Waals surface area contributed by atoms with Crippen LogP contribution in [0.5, 0.6) is 0 Å². The summed E-state index contributed by atoms with van der Waals surface area (Å²) in [5, 5.41) is 19.3. The Morgan fingerprint density at radius 3 is 2.87 bits per heavy atom. The van der Waals surface area contributed by atoms with Gasteiger partial charge in [0.15, 0.2) is 5.82 Å². The number of aromatic nitrogens is 2. The molecule has 0 spiro atoms. The number of hydrogen-bond acceptors (Lipinski definition) is 5. The summed E-state index contributed by atoms with van der Waals surface area (Å²) in [5.74, 6) is 2.77. The van der Waals surface area contributed by atoms with Crippen molar-refractivity contribution in [2.75, 3.05) is 13.2 Å². The predicted octanol–water partition coefficient (Wildman–Crippen LogP) is 1.44. The Morgan fingerprint density at radius 1 is 1.39 bits per heavy atom. The summed E-state index contributed by atoms with van der Waals surface area (Å²) in [6.07, 6.45) is 4.00. The number of amides is 2.